The van der Waals surface area contributed by atoms with Gasteiger partial charge in [-0.05, 0) is 6.92 Å². The van der Waals surface area contributed by atoms with Crippen LogP contribution in [0.2, 0.25) is 0 Å². The summed E-state index contributed by atoms with van der Waals surface area (Å²) in [5, 5.41) is 7.54. The summed E-state index contributed by atoms with van der Waals surface area (Å²) in [4.78, 5) is 15.2. The monoisotopic (exact) mass is 331 g/mol. The van der Waals surface area contributed by atoms with Gasteiger partial charge in [0.05, 0.1) is 19.2 Å². The van der Waals surface area contributed by atoms with Gasteiger partial charge in [0.15, 0.2) is 9.90 Å². The Morgan fingerprint density at radius 1 is 1.52 bits per heavy atom. The molecule has 114 valence electrons. The van der Waals surface area contributed by atoms with Crippen LogP contribution in [0.3, 0.4) is 0 Å². The van der Waals surface area contributed by atoms with Crippen molar-refractivity contribution in [2.75, 3.05) is 7.11 Å². The summed E-state index contributed by atoms with van der Waals surface area (Å²) in [6, 6.07) is 0. The van der Waals surface area contributed by atoms with Crippen LogP contribution in [-0.2, 0) is 27.8 Å². The number of hydrogen-bond acceptors (Lipinski definition) is 8. The molecule has 2 rings (SSSR count). The predicted molar refractivity (Wildman–Crippen MR) is 73.2 cm³/mol. The zero-order chi connectivity index (χ0) is 15.5. The van der Waals surface area contributed by atoms with E-state index in [-0.39, 0.29) is 16.4 Å². The van der Waals surface area contributed by atoms with Crippen LogP contribution in [0.5, 0.6) is 0 Å². The Kier molecular flexibility index (Phi) is 4.65. The Morgan fingerprint density at radius 3 is 2.95 bits per heavy atom. The summed E-state index contributed by atoms with van der Waals surface area (Å²) in [5.41, 5.74) is 1.04. The van der Waals surface area contributed by atoms with E-state index < -0.39 is 16.0 Å². The molecule has 9 nitrogen and oxygen atoms in total. The number of ether oxygens (including phenoxy) is 1. The molecule has 0 bridgehead atoms. The summed E-state index contributed by atoms with van der Waals surface area (Å²) in [7, 11) is -2.72. The maximum absolute atomic E-state index is 12.2. The number of rotatable bonds is 6. The standard InChI is InChI=1S/C10H13N5O4S2/c1-3-15-5-12-14-7(15)4-13-21(17,18)10-8(9(16)19-2)11-6-20-10/h5-6,13H,3-4H2,1-2H3. The number of aryl methyl sites for hydroxylation is 1. The van der Waals surface area contributed by atoms with Crippen LogP contribution in [0, 0.1) is 0 Å². The molecule has 0 amide bonds. The molecule has 0 aliphatic carbocycles. The van der Waals surface area contributed by atoms with Crippen molar-refractivity contribution in [3.63, 3.8) is 0 Å². The fourth-order valence-corrected chi connectivity index (χ4v) is 3.72. The van der Waals surface area contributed by atoms with Gasteiger partial charge in [0, 0.05) is 6.54 Å². The van der Waals surface area contributed by atoms with Crippen molar-refractivity contribution >= 4 is 27.3 Å². The number of nitrogens with one attached hydrogen (secondary N) is 1. The number of methoxy groups -OCH3 is 1. The van der Waals surface area contributed by atoms with Crippen molar-refractivity contribution in [2.24, 2.45) is 0 Å². The normalized spacial score (nSPS) is 11.5. The molecule has 0 spiro atoms. The van der Waals surface area contributed by atoms with E-state index in [4.69, 9.17) is 0 Å². The number of thiazole rings is 1. The molecular weight excluding hydrogens is 318 g/mol. The van der Waals surface area contributed by atoms with Crippen molar-refractivity contribution in [1.29, 1.82) is 0 Å². The molecule has 0 fully saturated rings. The van der Waals surface area contributed by atoms with E-state index in [9.17, 15) is 13.2 Å². The van der Waals surface area contributed by atoms with Gasteiger partial charge < -0.3 is 9.30 Å². The van der Waals surface area contributed by atoms with Gasteiger partial charge in [-0.2, -0.15) is 0 Å². The highest BCUT2D eigenvalue weighted by Crippen LogP contribution is 2.20. The minimum absolute atomic E-state index is 0.0330. The maximum Gasteiger partial charge on any atom is 0.358 e. The van der Waals surface area contributed by atoms with Crippen LogP contribution in [-0.4, -0.2) is 41.2 Å². The SMILES string of the molecule is CCn1cnnc1CNS(=O)(=O)c1scnc1C(=O)OC. The van der Waals surface area contributed by atoms with Gasteiger partial charge in [0.1, 0.15) is 12.2 Å². The molecule has 11 heteroatoms. The van der Waals surface area contributed by atoms with Crippen molar-refractivity contribution in [1.82, 2.24) is 24.5 Å². The second-order valence-corrected chi connectivity index (χ2v) is 6.65. The highest BCUT2D eigenvalue weighted by atomic mass is 32.2. The molecule has 21 heavy (non-hydrogen) atoms. The highest BCUT2D eigenvalue weighted by molar-refractivity contribution is 7.91. The van der Waals surface area contributed by atoms with Gasteiger partial charge in [0.25, 0.3) is 10.0 Å². The van der Waals surface area contributed by atoms with Gasteiger partial charge in [0.2, 0.25) is 0 Å². The Balaban J connectivity index is 2.20. The zero-order valence-electron chi connectivity index (χ0n) is 11.3. The Morgan fingerprint density at radius 2 is 2.29 bits per heavy atom. The first-order valence-corrected chi connectivity index (χ1v) is 8.24. The van der Waals surface area contributed by atoms with E-state index in [2.05, 4.69) is 24.6 Å². The topological polar surface area (TPSA) is 116 Å². The number of hydrogen-bond donors (Lipinski definition) is 1. The minimum Gasteiger partial charge on any atom is -0.464 e. The number of sulfonamides is 1. The molecule has 1 N–H and O–H groups in total. The quantitative estimate of drug-likeness (QED) is 0.742. The largest absolute Gasteiger partial charge is 0.464 e. The molecule has 0 aromatic carbocycles. The van der Waals surface area contributed by atoms with E-state index in [1.807, 2.05) is 6.92 Å². The number of esters is 1. The molecule has 0 atom stereocenters. The van der Waals surface area contributed by atoms with Crippen molar-refractivity contribution in [3.8, 4) is 0 Å². The first-order valence-electron chi connectivity index (χ1n) is 5.87. The average molecular weight is 331 g/mol. The molecule has 0 saturated heterocycles. The van der Waals surface area contributed by atoms with E-state index in [1.165, 1.54) is 11.8 Å². The smallest absolute Gasteiger partial charge is 0.358 e. The molecule has 2 aromatic rings. The number of carbonyl (C=O) groups excluding carboxylic acids is 1. The predicted octanol–water partition coefficient (Wildman–Crippen LogP) is 0.0196. The lowest BCUT2D eigenvalue weighted by Crippen LogP contribution is -2.26. The minimum atomic E-state index is -3.88. The second-order valence-electron chi connectivity index (χ2n) is 3.84. The summed E-state index contributed by atoms with van der Waals surface area (Å²) >= 11 is 0.842. The number of nitrogens with zero attached hydrogens (tertiary/aromatic N) is 4. The highest BCUT2D eigenvalue weighted by Gasteiger charge is 2.26. The maximum atomic E-state index is 12.2. The van der Waals surface area contributed by atoms with Crippen LogP contribution in [0.25, 0.3) is 0 Å². The van der Waals surface area contributed by atoms with Gasteiger partial charge in [-0.25, -0.2) is 22.9 Å². The summed E-state index contributed by atoms with van der Waals surface area (Å²) in [6.07, 6.45) is 1.51. The molecule has 2 aromatic heterocycles. The lowest BCUT2D eigenvalue weighted by atomic mass is 10.5. The molecule has 0 saturated carbocycles. The van der Waals surface area contributed by atoms with E-state index in [0.29, 0.717) is 12.4 Å². The molecule has 0 radical (unpaired) electrons. The Hall–Kier alpha value is -1.85. The van der Waals surface area contributed by atoms with E-state index in [1.54, 1.807) is 4.57 Å². The molecule has 0 unspecified atom stereocenters. The third-order valence-electron chi connectivity index (χ3n) is 2.61. The van der Waals surface area contributed by atoms with Crippen molar-refractivity contribution in [2.45, 2.75) is 24.2 Å². The fourth-order valence-electron chi connectivity index (χ4n) is 1.56. The molecule has 2 heterocycles. The third-order valence-corrected chi connectivity index (χ3v) is 5.39. The second kappa shape index (κ2) is 6.28. The van der Waals surface area contributed by atoms with Crippen LogP contribution in [0.1, 0.15) is 23.2 Å². The number of carbonyl (C=O) groups is 1. The number of aromatic nitrogens is 4. The van der Waals surface area contributed by atoms with Gasteiger partial charge in [-0.15, -0.1) is 21.5 Å². The summed E-state index contributed by atoms with van der Waals surface area (Å²) in [6.45, 7) is 2.48. The third kappa shape index (κ3) is 3.25. The lowest BCUT2D eigenvalue weighted by Gasteiger charge is -2.06. The summed E-state index contributed by atoms with van der Waals surface area (Å²) in [5.74, 6) is -0.321. The molecule has 0 aliphatic heterocycles. The van der Waals surface area contributed by atoms with Crippen LogP contribution in [0.15, 0.2) is 16.0 Å². The first kappa shape index (κ1) is 15.5. The van der Waals surface area contributed by atoms with Crippen LogP contribution in [0.4, 0.5) is 0 Å². The van der Waals surface area contributed by atoms with Crippen molar-refractivity contribution in [3.05, 3.63) is 23.4 Å². The van der Waals surface area contributed by atoms with Gasteiger partial charge >= 0.3 is 5.97 Å². The molecule has 0 aliphatic rings. The van der Waals surface area contributed by atoms with E-state index in [0.717, 1.165) is 18.4 Å². The lowest BCUT2D eigenvalue weighted by molar-refractivity contribution is 0.0590. The van der Waals surface area contributed by atoms with Gasteiger partial charge in [-0.3, -0.25) is 0 Å². The van der Waals surface area contributed by atoms with Crippen molar-refractivity contribution < 1.29 is 17.9 Å². The van der Waals surface area contributed by atoms with Crippen LogP contribution < -0.4 is 4.72 Å². The Bertz CT molecular complexity index is 736. The fraction of sp³-hybridized carbons (Fsp3) is 0.400. The zero-order valence-corrected chi connectivity index (χ0v) is 12.9. The van der Waals surface area contributed by atoms with E-state index >= 15 is 0 Å². The van der Waals surface area contributed by atoms with Gasteiger partial charge in [-0.1, -0.05) is 0 Å². The first-order chi connectivity index (χ1) is 9.99. The Labute approximate surface area is 125 Å². The average Bonchev–Trinajstić information content (AvgIpc) is 3.12. The molecular formula is C10H13N5O4S2. The van der Waals surface area contributed by atoms with Crippen LogP contribution >= 0.6 is 11.3 Å². The summed E-state index contributed by atoms with van der Waals surface area (Å²) < 4.78 is 32.8.